The van der Waals surface area contributed by atoms with E-state index >= 15 is 0 Å². The molecule has 1 fully saturated rings. The smallest absolute Gasteiger partial charge is 0.330 e. The summed E-state index contributed by atoms with van der Waals surface area (Å²) in [5.41, 5.74) is -0.907. The van der Waals surface area contributed by atoms with Gasteiger partial charge >= 0.3 is 5.69 Å². The molecule has 1 aromatic rings. The molecule has 0 saturated carbocycles. The van der Waals surface area contributed by atoms with Crippen molar-refractivity contribution < 1.29 is 14.2 Å². The molecule has 20 heavy (non-hydrogen) atoms. The molecule has 2 rings (SSSR count). The molecule has 0 unspecified atom stereocenters. The second-order valence-corrected chi connectivity index (χ2v) is 5.04. The summed E-state index contributed by atoms with van der Waals surface area (Å²) in [4.78, 5) is 25.0. The number of hydrogen-bond donors (Lipinski definition) is 1. The van der Waals surface area contributed by atoms with E-state index in [-0.39, 0.29) is 18.3 Å². The molecule has 2 heterocycles. The van der Waals surface area contributed by atoms with Gasteiger partial charge in [-0.2, -0.15) is 0 Å². The lowest BCUT2D eigenvalue weighted by Gasteiger charge is -2.18. The predicted molar refractivity (Wildman–Crippen MR) is 71.7 cm³/mol. The molecule has 1 saturated heterocycles. The van der Waals surface area contributed by atoms with Crippen LogP contribution < -0.4 is 11.2 Å². The fourth-order valence-electron chi connectivity index (χ4n) is 2.21. The molecular weight excluding hydrogens is 264 g/mol. The number of H-pyrrole nitrogens is 1. The number of methoxy groups -OCH3 is 1. The zero-order chi connectivity index (χ0) is 14.7. The summed E-state index contributed by atoms with van der Waals surface area (Å²) in [6.45, 7) is 4.30. The molecule has 3 atom stereocenters. The van der Waals surface area contributed by atoms with E-state index in [1.807, 2.05) is 13.8 Å². The summed E-state index contributed by atoms with van der Waals surface area (Å²) in [6.07, 6.45) is 1.25. The van der Waals surface area contributed by atoms with Gasteiger partial charge in [-0.1, -0.05) is 0 Å². The monoisotopic (exact) mass is 284 g/mol. The third-order valence-electron chi connectivity index (χ3n) is 3.24. The van der Waals surface area contributed by atoms with E-state index in [4.69, 9.17) is 14.2 Å². The van der Waals surface area contributed by atoms with Gasteiger partial charge in [0, 0.05) is 25.8 Å². The summed E-state index contributed by atoms with van der Waals surface area (Å²) in [5, 5.41) is 0. The minimum absolute atomic E-state index is 0.103. The Kier molecular flexibility index (Phi) is 4.74. The van der Waals surface area contributed by atoms with Gasteiger partial charge in [-0.25, -0.2) is 4.79 Å². The summed E-state index contributed by atoms with van der Waals surface area (Å²) >= 11 is 0. The van der Waals surface area contributed by atoms with Crippen LogP contribution in [0.15, 0.2) is 21.9 Å². The van der Waals surface area contributed by atoms with Crippen LogP contribution in [0.1, 0.15) is 26.5 Å². The summed E-state index contributed by atoms with van der Waals surface area (Å²) in [5.74, 6) is 0. The zero-order valence-corrected chi connectivity index (χ0v) is 11.9. The van der Waals surface area contributed by atoms with E-state index in [9.17, 15) is 9.59 Å². The van der Waals surface area contributed by atoms with E-state index in [2.05, 4.69) is 4.98 Å². The van der Waals surface area contributed by atoms with Crippen molar-refractivity contribution in [3.63, 3.8) is 0 Å². The minimum Gasteiger partial charge on any atom is -0.378 e. The number of hydrogen-bond acceptors (Lipinski definition) is 5. The van der Waals surface area contributed by atoms with Crippen LogP contribution in [-0.4, -0.2) is 41.6 Å². The van der Waals surface area contributed by atoms with Gasteiger partial charge in [0.2, 0.25) is 0 Å². The quantitative estimate of drug-likeness (QED) is 0.839. The van der Waals surface area contributed by atoms with Crippen molar-refractivity contribution in [3.8, 4) is 0 Å². The third-order valence-corrected chi connectivity index (χ3v) is 3.24. The summed E-state index contributed by atoms with van der Waals surface area (Å²) in [6, 6.07) is 1.30. The molecule has 112 valence electrons. The van der Waals surface area contributed by atoms with Crippen molar-refractivity contribution in [2.24, 2.45) is 0 Å². The second-order valence-electron chi connectivity index (χ2n) is 5.04. The molecule has 0 bridgehead atoms. The molecular formula is C13H20N2O5. The van der Waals surface area contributed by atoms with Gasteiger partial charge in [0.1, 0.15) is 12.3 Å². The van der Waals surface area contributed by atoms with Crippen LogP contribution in [0.5, 0.6) is 0 Å². The molecule has 1 aromatic heterocycles. The van der Waals surface area contributed by atoms with E-state index < -0.39 is 17.5 Å². The minimum atomic E-state index is -0.484. The zero-order valence-electron chi connectivity index (χ0n) is 11.9. The summed E-state index contributed by atoms with van der Waals surface area (Å²) < 4.78 is 18.1. The van der Waals surface area contributed by atoms with Gasteiger partial charge in [-0.15, -0.1) is 0 Å². The SMILES string of the molecule is CO[C@@H]1C[C@H](n2ccc(=O)[nH]c2=O)O[C@@H]1COC(C)C. The molecule has 1 aliphatic heterocycles. The highest BCUT2D eigenvalue weighted by atomic mass is 16.6. The van der Waals surface area contributed by atoms with Crippen molar-refractivity contribution in [1.29, 1.82) is 0 Å². The predicted octanol–water partition coefficient (Wildman–Crippen LogP) is 0.264. The molecule has 0 spiro atoms. The second kappa shape index (κ2) is 6.34. The Bertz CT molecular complexity index is 550. The van der Waals surface area contributed by atoms with Gasteiger partial charge in [0.15, 0.2) is 0 Å². The van der Waals surface area contributed by atoms with E-state index in [1.165, 1.54) is 16.8 Å². The maximum Gasteiger partial charge on any atom is 0.330 e. The molecule has 7 heteroatoms. The van der Waals surface area contributed by atoms with Crippen LogP contribution >= 0.6 is 0 Å². The standard InChI is InChI=1S/C13H20N2O5/c1-8(2)19-7-10-9(18-3)6-12(20-10)15-5-4-11(16)14-13(15)17/h4-5,8-10,12H,6-7H2,1-3H3,(H,14,16,17)/t9-,10-,12-/m1/s1. The molecule has 0 aromatic carbocycles. The highest BCUT2D eigenvalue weighted by Crippen LogP contribution is 2.29. The first-order chi connectivity index (χ1) is 9.51. The average Bonchev–Trinajstić information content (AvgIpc) is 2.79. The molecule has 1 N–H and O–H groups in total. The Morgan fingerprint density at radius 3 is 2.85 bits per heavy atom. The molecule has 0 aliphatic carbocycles. The molecule has 1 aliphatic rings. The van der Waals surface area contributed by atoms with Crippen LogP contribution in [-0.2, 0) is 14.2 Å². The van der Waals surface area contributed by atoms with Gasteiger partial charge in [-0.05, 0) is 13.8 Å². The Balaban J connectivity index is 2.11. The van der Waals surface area contributed by atoms with Crippen LogP contribution in [0.3, 0.4) is 0 Å². The number of nitrogens with one attached hydrogen (secondary N) is 1. The van der Waals surface area contributed by atoms with Gasteiger partial charge in [0.05, 0.1) is 18.8 Å². The van der Waals surface area contributed by atoms with E-state index in [0.29, 0.717) is 13.0 Å². The first-order valence-electron chi connectivity index (χ1n) is 6.62. The van der Waals surface area contributed by atoms with Gasteiger partial charge < -0.3 is 14.2 Å². The fraction of sp³-hybridized carbons (Fsp3) is 0.692. The Morgan fingerprint density at radius 2 is 2.25 bits per heavy atom. The van der Waals surface area contributed by atoms with Crippen LogP contribution in [0.4, 0.5) is 0 Å². The van der Waals surface area contributed by atoms with Crippen LogP contribution in [0.2, 0.25) is 0 Å². The fourth-order valence-corrected chi connectivity index (χ4v) is 2.21. The lowest BCUT2D eigenvalue weighted by Crippen LogP contribution is -2.32. The first-order valence-corrected chi connectivity index (χ1v) is 6.62. The normalized spacial score (nSPS) is 26.3. The maximum atomic E-state index is 11.8. The molecule has 0 radical (unpaired) electrons. The average molecular weight is 284 g/mol. The lowest BCUT2D eigenvalue weighted by atomic mass is 10.2. The first kappa shape index (κ1) is 15.0. The van der Waals surface area contributed by atoms with Crippen molar-refractivity contribution in [3.05, 3.63) is 33.1 Å². The number of aromatic amines is 1. The van der Waals surface area contributed by atoms with Gasteiger partial charge in [-0.3, -0.25) is 14.3 Å². The highest BCUT2D eigenvalue weighted by Gasteiger charge is 2.37. The largest absolute Gasteiger partial charge is 0.378 e. The Labute approximate surface area is 116 Å². The molecule has 0 amide bonds. The van der Waals surface area contributed by atoms with Crippen molar-refractivity contribution in [2.75, 3.05) is 13.7 Å². The number of rotatable bonds is 5. The van der Waals surface area contributed by atoms with Crippen molar-refractivity contribution in [1.82, 2.24) is 9.55 Å². The van der Waals surface area contributed by atoms with Crippen molar-refractivity contribution in [2.45, 2.75) is 44.8 Å². The van der Waals surface area contributed by atoms with Crippen LogP contribution in [0.25, 0.3) is 0 Å². The van der Waals surface area contributed by atoms with Gasteiger partial charge in [0.25, 0.3) is 5.56 Å². The van der Waals surface area contributed by atoms with Crippen LogP contribution in [0, 0.1) is 0 Å². The Hall–Kier alpha value is -1.44. The van der Waals surface area contributed by atoms with E-state index in [1.54, 1.807) is 7.11 Å². The summed E-state index contributed by atoms with van der Waals surface area (Å²) in [7, 11) is 1.61. The number of nitrogens with zero attached hydrogens (tertiary/aromatic N) is 1. The Morgan fingerprint density at radius 1 is 1.50 bits per heavy atom. The molecule has 7 nitrogen and oxygen atoms in total. The maximum absolute atomic E-state index is 11.8. The third kappa shape index (κ3) is 3.36. The van der Waals surface area contributed by atoms with Crippen molar-refractivity contribution >= 4 is 0 Å². The highest BCUT2D eigenvalue weighted by molar-refractivity contribution is 4.88. The lowest BCUT2D eigenvalue weighted by molar-refractivity contribution is -0.0806. The number of aromatic nitrogens is 2. The topological polar surface area (TPSA) is 82.6 Å². The number of ether oxygens (including phenoxy) is 3. The van der Waals surface area contributed by atoms with E-state index in [0.717, 1.165) is 0 Å².